The topological polar surface area (TPSA) is 114 Å². The summed E-state index contributed by atoms with van der Waals surface area (Å²) >= 11 is 13.2. The molecule has 9 nitrogen and oxygen atoms in total. The minimum absolute atomic E-state index is 0.501. The number of alkyl halides is 6. The highest BCUT2D eigenvalue weighted by atomic mass is 35.5. The highest BCUT2D eigenvalue weighted by molar-refractivity contribution is 6.31. The molecule has 0 amide bonds. The minimum Gasteiger partial charge on any atom is -0.455 e. The van der Waals surface area contributed by atoms with Crippen LogP contribution in [0.5, 0.6) is 0 Å². The van der Waals surface area contributed by atoms with E-state index in [1.807, 2.05) is 0 Å². The van der Waals surface area contributed by atoms with E-state index >= 15 is 0 Å². The van der Waals surface area contributed by atoms with E-state index < -0.39 is 102 Å². The van der Waals surface area contributed by atoms with Gasteiger partial charge in [-0.15, -0.1) is 12.8 Å². The molecule has 0 aromatic heterocycles. The Morgan fingerprint density at radius 1 is 0.725 bits per heavy atom. The van der Waals surface area contributed by atoms with E-state index in [9.17, 15) is 46.6 Å². The van der Waals surface area contributed by atoms with Gasteiger partial charge in [0.1, 0.15) is 23.7 Å². The molecule has 0 bridgehead atoms. The van der Waals surface area contributed by atoms with Crippen molar-refractivity contribution >= 4 is 23.2 Å². The van der Waals surface area contributed by atoms with Crippen LogP contribution in [0.15, 0.2) is 94.4 Å². The number of rotatable bonds is 10. The second kappa shape index (κ2) is 14.4. The van der Waals surface area contributed by atoms with Crippen LogP contribution in [0.4, 0.5) is 26.3 Å². The lowest BCUT2D eigenvalue weighted by atomic mass is 9.78. The summed E-state index contributed by atoms with van der Waals surface area (Å²) < 4.78 is 102. The maximum atomic E-state index is 14.2. The average Bonchev–Trinajstić information content (AvgIpc) is 3.07. The summed E-state index contributed by atoms with van der Waals surface area (Å²) in [6.45, 7) is 2.55. The van der Waals surface area contributed by atoms with E-state index in [1.54, 1.807) is 0 Å². The molecule has 17 heteroatoms. The van der Waals surface area contributed by atoms with E-state index in [0.29, 0.717) is 12.1 Å². The van der Waals surface area contributed by atoms with Crippen LogP contribution in [0, 0.1) is 44.9 Å². The zero-order chi connectivity index (χ0) is 38.1. The standard InChI is InChI=1S/C34H24Cl2F6N2O7/c1-5-19(3)49-29-27(35)25(15-17-31(29,43(45)46)21-11-7-9-13-23(21)33(37,38)39)51-26-16-18-32(44(47)48,30(28(26)36)50-20(4)6-2)22-12-8-10-14-24(22)34(40,41)42/h1-2,7-20,29-30H,3-4H3. The molecule has 268 valence electrons. The van der Waals surface area contributed by atoms with Gasteiger partial charge in [-0.05, 0) is 38.1 Å². The molecule has 4 rings (SSSR count). The number of terminal acetylenes is 2. The summed E-state index contributed by atoms with van der Waals surface area (Å²) in [5, 5.41) is 24.2. The lowest BCUT2D eigenvalue weighted by molar-refractivity contribution is -0.576. The van der Waals surface area contributed by atoms with E-state index in [-0.39, 0.29) is 0 Å². The molecule has 0 radical (unpaired) electrons. The molecular weight excluding hydrogens is 733 g/mol. The Balaban J connectivity index is 1.93. The third-order valence-corrected chi connectivity index (χ3v) is 8.78. The van der Waals surface area contributed by atoms with Gasteiger partial charge in [0.2, 0.25) is 0 Å². The van der Waals surface area contributed by atoms with Crippen LogP contribution in [0.3, 0.4) is 0 Å². The molecule has 6 atom stereocenters. The molecule has 0 fully saturated rings. The average molecular weight is 757 g/mol. The fourth-order valence-electron chi connectivity index (χ4n) is 5.61. The van der Waals surface area contributed by atoms with Gasteiger partial charge in [-0.25, -0.2) is 0 Å². The van der Waals surface area contributed by atoms with Crippen molar-refractivity contribution in [2.24, 2.45) is 0 Å². The normalized spacial score (nSPS) is 24.8. The molecule has 0 spiro atoms. The first-order valence-corrected chi connectivity index (χ1v) is 15.2. The molecule has 0 aliphatic heterocycles. The predicted molar refractivity (Wildman–Crippen MR) is 172 cm³/mol. The van der Waals surface area contributed by atoms with Crippen molar-refractivity contribution < 1.29 is 50.4 Å². The summed E-state index contributed by atoms with van der Waals surface area (Å²) in [4.78, 5) is 23.5. The largest absolute Gasteiger partial charge is 0.455 e. The number of allylic oxidation sites excluding steroid dienone is 2. The van der Waals surface area contributed by atoms with Gasteiger partial charge in [-0.2, -0.15) is 26.3 Å². The summed E-state index contributed by atoms with van der Waals surface area (Å²) in [6.07, 6.45) is -2.75. The van der Waals surface area contributed by atoms with Crippen molar-refractivity contribution in [3.63, 3.8) is 0 Å². The predicted octanol–water partition coefficient (Wildman–Crippen LogP) is 8.24. The first kappa shape index (κ1) is 39.0. The van der Waals surface area contributed by atoms with Crippen molar-refractivity contribution in [2.45, 2.75) is 61.7 Å². The van der Waals surface area contributed by atoms with Crippen LogP contribution in [0.25, 0.3) is 0 Å². The zero-order valence-corrected chi connectivity index (χ0v) is 27.7. The van der Waals surface area contributed by atoms with Gasteiger partial charge < -0.3 is 14.2 Å². The lowest BCUT2D eigenvalue weighted by Gasteiger charge is -2.37. The Labute approximate surface area is 296 Å². The summed E-state index contributed by atoms with van der Waals surface area (Å²) in [5.74, 6) is 3.31. The maximum absolute atomic E-state index is 14.2. The second-order valence-electron chi connectivity index (χ2n) is 11.1. The quantitative estimate of drug-likeness (QED) is 0.104. The third-order valence-electron chi connectivity index (χ3n) is 8.01. The van der Waals surface area contributed by atoms with Gasteiger partial charge in [0.15, 0.2) is 12.2 Å². The molecule has 0 heterocycles. The molecule has 0 N–H and O–H groups in total. The first-order valence-electron chi connectivity index (χ1n) is 14.5. The van der Waals surface area contributed by atoms with Crippen LogP contribution in [0.2, 0.25) is 0 Å². The number of benzene rings is 2. The first-order chi connectivity index (χ1) is 23.8. The van der Waals surface area contributed by atoms with E-state index in [4.69, 9.17) is 50.3 Å². The molecule has 2 aromatic rings. The summed E-state index contributed by atoms with van der Waals surface area (Å²) in [7, 11) is 0. The van der Waals surface area contributed by atoms with Gasteiger partial charge in [0, 0.05) is 33.1 Å². The Bertz CT molecular complexity index is 1810. The summed E-state index contributed by atoms with van der Waals surface area (Å²) in [5.41, 5.74) is -10.1. The lowest BCUT2D eigenvalue weighted by Crippen LogP contribution is -2.51. The van der Waals surface area contributed by atoms with Crippen molar-refractivity contribution in [3.05, 3.63) is 137 Å². The molecule has 6 unspecified atom stereocenters. The van der Waals surface area contributed by atoms with Crippen LogP contribution < -0.4 is 0 Å². The van der Waals surface area contributed by atoms with E-state index in [0.717, 1.165) is 60.7 Å². The Morgan fingerprint density at radius 3 is 1.35 bits per heavy atom. The number of hydrogen-bond acceptors (Lipinski definition) is 7. The molecule has 0 saturated carbocycles. The molecule has 0 saturated heterocycles. The highest BCUT2D eigenvalue weighted by Gasteiger charge is 2.60. The van der Waals surface area contributed by atoms with Gasteiger partial charge in [0.05, 0.1) is 21.2 Å². The molecular formula is C34H24Cl2F6N2O7. The smallest absolute Gasteiger partial charge is 0.416 e. The van der Waals surface area contributed by atoms with Crippen molar-refractivity contribution in [3.8, 4) is 24.7 Å². The SMILES string of the molecule is C#CC(C)OC1C(Cl)=C(OC2=C(Cl)C(OC(C)C#C)C(c3ccccc3C(F)(F)F)([N+](=O)[O-])C=C2)C=CC1(c1ccccc1C(F)(F)F)[N+](=O)[O-]. The number of ether oxygens (including phenoxy) is 3. The van der Waals surface area contributed by atoms with Crippen molar-refractivity contribution in [2.75, 3.05) is 0 Å². The van der Waals surface area contributed by atoms with Gasteiger partial charge in [-0.1, -0.05) is 71.4 Å². The van der Waals surface area contributed by atoms with Crippen molar-refractivity contribution in [1.82, 2.24) is 0 Å². The van der Waals surface area contributed by atoms with Crippen LogP contribution in [0.1, 0.15) is 36.1 Å². The van der Waals surface area contributed by atoms with Crippen molar-refractivity contribution in [1.29, 1.82) is 0 Å². The fraction of sp³-hybridized carbons (Fsp3) is 0.294. The molecule has 2 aliphatic rings. The van der Waals surface area contributed by atoms with E-state index in [1.165, 1.54) is 13.8 Å². The highest BCUT2D eigenvalue weighted by Crippen LogP contribution is 2.50. The minimum atomic E-state index is -5.06. The van der Waals surface area contributed by atoms with E-state index in [2.05, 4.69) is 11.8 Å². The van der Waals surface area contributed by atoms with Crippen LogP contribution >= 0.6 is 23.2 Å². The Hall–Kier alpha value is -4.80. The monoisotopic (exact) mass is 756 g/mol. The second-order valence-corrected chi connectivity index (χ2v) is 11.9. The molecule has 51 heavy (non-hydrogen) atoms. The van der Waals surface area contributed by atoms with Crippen LogP contribution in [-0.2, 0) is 37.6 Å². The van der Waals surface area contributed by atoms with Gasteiger partial charge >= 0.3 is 12.4 Å². The Kier molecular flexibility index (Phi) is 11.0. The summed E-state index contributed by atoms with van der Waals surface area (Å²) in [6, 6.07) is 7.34. The maximum Gasteiger partial charge on any atom is 0.416 e. The zero-order valence-electron chi connectivity index (χ0n) is 26.2. The Morgan fingerprint density at radius 2 is 1.06 bits per heavy atom. The fourth-order valence-corrected chi connectivity index (χ4v) is 6.25. The van der Waals surface area contributed by atoms with Gasteiger partial charge in [0.25, 0.3) is 11.1 Å². The molecule has 2 aromatic carbocycles. The third kappa shape index (κ3) is 7.07. The number of hydrogen-bond donors (Lipinski definition) is 0. The number of nitrogens with zero attached hydrogens (tertiary/aromatic N) is 2. The number of halogens is 8. The molecule has 2 aliphatic carbocycles. The van der Waals surface area contributed by atoms with Crippen LogP contribution in [-0.4, -0.2) is 34.3 Å². The van der Waals surface area contributed by atoms with Gasteiger partial charge in [-0.3, -0.25) is 20.2 Å². The number of nitro groups is 2.